The molecule has 1 aromatic rings. The van der Waals surface area contributed by atoms with Crippen LogP contribution in [0.2, 0.25) is 0 Å². The lowest BCUT2D eigenvalue weighted by Gasteiger charge is -2.32. The highest BCUT2D eigenvalue weighted by Gasteiger charge is 2.31. The highest BCUT2D eigenvalue weighted by molar-refractivity contribution is 6.17. The number of alkyl halides is 4. The average molecular weight is 349 g/mol. The van der Waals surface area contributed by atoms with Gasteiger partial charge >= 0.3 is 6.18 Å². The minimum absolute atomic E-state index is 0.00398. The molecular weight excluding hydrogens is 329 g/mol. The van der Waals surface area contributed by atoms with Crippen LogP contribution in [-0.2, 0) is 6.18 Å². The molecule has 1 heterocycles. The molecule has 23 heavy (non-hydrogen) atoms. The number of carbonyl (C=O) groups excluding carboxylic acids is 1. The summed E-state index contributed by atoms with van der Waals surface area (Å²) in [6, 6.07) is 4.52. The molecule has 0 radical (unpaired) electrons. The number of benzene rings is 1. The van der Waals surface area contributed by atoms with Crippen molar-refractivity contribution in [2.75, 3.05) is 25.5 Å². The Morgan fingerprint density at radius 1 is 1.30 bits per heavy atom. The molecule has 3 nitrogen and oxygen atoms in total. The Kier molecular flexibility index (Phi) is 6.30. The molecule has 0 aliphatic carbocycles. The van der Waals surface area contributed by atoms with E-state index in [0.717, 1.165) is 51.0 Å². The van der Waals surface area contributed by atoms with Crippen molar-refractivity contribution < 1.29 is 18.0 Å². The highest BCUT2D eigenvalue weighted by Crippen LogP contribution is 2.29. The molecule has 0 atom stereocenters. The second kappa shape index (κ2) is 8.02. The summed E-state index contributed by atoms with van der Waals surface area (Å²) in [7, 11) is 0. The third-order valence-electron chi connectivity index (χ3n) is 3.98. The van der Waals surface area contributed by atoms with Gasteiger partial charge in [0.05, 0.1) is 5.56 Å². The number of rotatable bonds is 5. The fraction of sp³-hybridized carbons (Fsp3) is 0.562. The van der Waals surface area contributed by atoms with Gasteiger partial charge in [-0.25, -0.2) is 0 Å². The predicted octanol–water partition coefficient (Wildman–Crippen LogP) is 3.53. The minimum Gasteiger partial charge on any atom is -0.349 e. The van der Waals surface area contributed by atoms with Crippen molar-refractivity contribution in [3.05, 3.63) is 35.4 Å². The van der Waals surface area contributed by atoms with Crippen LogP contribution in [0.5, 0.6) is 0 Å². The van der Waals surface area contributed by atoms with Crippen molar-refractivity contribution in [3.63, 3.8) is 0 Å². The predicted molar refractivity (Wildman–Crippen MR) is 83.7 cm³/mol. The van der Waals surface area contributed by atoms with Crippen molar-refractivity contribution in [1.82, 2.24) is 10.2 Å². The van der Waals surface area contributed by atoms with Gasteiger partial charge in [0.25, 0.3) is 5.91 Å². The van der Waals surface area contributed by atoms with E-state index in [4.69, 9.17) is 11.6 Å². The molecule has 1 aliphatic heterocycles. The molecule has 0 saturated carbocycles. The Labute approximate surface area is 138 Å². The van der Waals surface area contributed by atoms with Crippen LogP contribution >= 0.6 is 11.6 Å². The summed E-state index contributed by atoms with van der Waals surface area (Å²) in [5, 5.41) is 2.83. The molecule has 7 heteroatoms. The van der Waals surface area contributed by atoms with E-state index in [1.807, 2.05) is 0 Å². The summed E-state index contributed by atoms with van der Waals surface area (Å²) in [6.07, 6.45) is -1.91. The average Bonchev–Trinajstić information content (AvgIpc) is 2.53. The first kappa shape index (κ1) is 18.1. The van der Waals surface area contributed by atoms with Crippen molar-refractivity contribution in [1.29, 1.82) is 0 Å². The van der Waals surface area contributed by atoms with Gasteiger partial charge in [-0.3, -0.25) is 4.79 Å². The van der Waals surface area contributed by atoms with E-state index in [1.165, 1.54) is 12.1 Å². The van der Waals surface area contributed by atoms with Crippen LogP contribution in [0.25, 0.3) is 0 Å². The fourth-order valence-corrected chi connectivity index (χ4v) is 2.81. The second-order valence-electron chi connectivity index (χ2n) is 5.71. The van der Waals surface area contributed by atoms with Gasteiger partial charge in [-0.1, -0.05) is 6.07 Å². The second-order valence-corrected chi connectivity index (χ2v) is 6.09. The van der Waals surface area contributed by atoms with Gasteiger partial charge in [-0.2, -0.15) is 13.2 Å². The van der Waals surface area contributed by atoms with Crippen molar-refractivity contribution >= 4 is 17.5 Å². The number of nitrogens with zero attached hydrogens (tertiary/aromatic N) is 1. The molecule has 128 valence electrons. The molecule has 1 aliphatic rings. The van der Waals surface area contributed by atoms with Crippen LogP contribution in [0.15, 0.2) is 24.3 Å². The molecule has 0 unspecified atom stereocenters. The Hall–Kier alpha value is -1.27. The van der Waals surface area contributed by atoms with Gasteiger partial charge in [-0.05, 0) is 44.0 Å². The van der Waals surface area contributed by atoms with E-state index < -0.39 is 17.6 Å². The van der Waals surface area contributed by atoms with Crippen LogP contribution in [0.1, 0.15) is 35.2 Å². The summed E-state index contributed by atoms with van der Waals surface area (Å²) in [6.45, 7) is 2.67. The van der Waals surface area contributed by atoms with Gasteiger partial charge in [0.2, 0.25) is 0 Å². The topological polar surface area (TPSA) is 32.3 Å². The number of hydrogen-bond donors (Lipinski definition) is 1. The van der Waals surface area contributed by atoms with Crippen LogP contribution in [0.3, 0.4) is 0 Å². The summed E-state index contributed by atoms with van der Waals surface area (Å²) >= 11 is 5.67. The summed E-state index contributed by atoms with van der Waals surface area (Å²) in [5.74, 6) is 0.182. The van der Waals surface area contributed by atoms with Gasteiger partial charge in [0, 0.05) is 30.6 Å². The first-order valence-electron chi connectivity index (χ1n) is 7.66. The molecule has 0 bridgehead atoms. The van der Waals surface area contributed by atoms with Crippen LogP contribution in [0.4, 0.5) is 13.2 Å². The maximum absolute atomic E-state index is 12.7. The van der Waals surface area contributed by atoms with E-state index in [0.29, 0.717) is 5.88 Å². The molecule has 0 spiro atoms. The smallest absolute Gasteiger partial charge is 0.349 e. The van der Waals surface area contributed by atoms with E-state index >= 15 is 0 Å². The normalized spacial score (nSPS) is 17.2. The van der Waals surface area contributed by atoms with Crippen LogP contribution in [-0.4, -0.2) is 42.4 Å². The van der Waals surface area contributed by atoms with Gasteiger partial charge in [-0.15, -0.1) is 11.6 Å². The number of hydrogen-bond acceptors (Lipinski definition) is 2. The van der Waals surface area contributed by atoms with Gasteiger partial charge in [0.1, 0.15) is 0 Å². The highest BCUT2D eigenvalue weighted by atomic mass is 35.5. The minimum atomic E-state index is -4.44. The molecule has 0 aromatic heterocycles. The van der Waals surface area contributed by atoms with Crippen molar-refractivity contribution in [3.8, 4) is 0 Å². The Balaban J connectivity index is 1.88. The molecule has 1 aromatic carbocycles. The summed E-state index contributed by atoms with van der Waals surface area (Å²) in [4.78, 5) is 14.4. The third kappa shape index (κ3) is 5.39. The largest absolute Gasteiger partial charge is 0.416 e. The maximum atomic E-state index is 12.7. The van der Waals surface area contributed by atoms with Crippen LogP contribution < -0.4 is 5.32 Å². The standard InChI is InChI=1S/C16H20ClF3N2O/c17-7-2-8-22-9-5-14(6-10-22)21-15(23)12-3-1-4-13(11-12)16(18,19)20/h1,3-4,11,14H,2,5-10H2,(H,21,23). The first-order chi connectivity index (χ1) is 10.9. The monoisotopic (exact) mass is 348 g/mol. The van der Waals surface area contributed by atoms with E-state index in [-0.39, 0.29) is 11.6 Å². The lowest BCUT2D eigenvalue weighted by Crippen LogP contribution is -2.44. The van der Waals surface area contributed by atoms with Gasteiger partial charge in [0.15, 0.2) is 0 Å². The quantitative estimate of drug-likeness (QED) is 0.826. The third-order valence-corrected chi connectivity index (χ3v) is 4.25. The van der Waals surface area contributed by atoms with Gasteiger partial charge < -0.3 is 10.2 Å². The zero-order valence-electron chi connectivity index (χ0n) is 12.7. The lowest BCUT2D eigenvalue weighted by atomic mass is 10.0. The van der Waals surface area contributed by atoms with Crippen LogP contribution in [0, 0.1) is 0 Å². The van der Waals surface area contributed by atoms with E-state index in [9.17, 15) is 18.0 Å². The number of amides is 1. The van der Waals surface area contributed by atoms with E-state index in [2.05, 4.69) is 10.2 Å². The molecule has 1 saturated heterocycles. The molecule has 1 N–H and O–H groups in total. The number of carbonyl (C=O) groups is 1. The number of halogens is 4. The maximum Gasteiger partial charge on any atom is 0.416 e. The fourth-order valence-electron chi connectivity index (χ4n) is 2.69. The summed E-state index contributed by atoms with van der Waals surface area (Å²) in [5.41, 5.74) is -0.759. The SMILES string of the molecule is O=C(NC1CCN(CCCCl)CC1)c1cccc(C(F)(F)F)c1. The zero-order valence-corrected chi connectivity index (χ0v) is 13.5. The van der Waals surface area contributed by atoms with E-state index in [1.54, 1.807) is 0 Å². The van der Waals surface area contributed by atoms with Crippen molar-refractivity contribution in [2.45, 2.75) is 31.5 Å². The molecule has 1 fully saturated rings. The molecule has 2 rings (SSSR count). The lowest BCUT2D eigenvalue weighted by molar-refractivity contribution is -0.137. The zero-order chi connectivity index (χ0) is 16.9. The molecular formula is C16H20ClF3N2O. The molecule has 1 amide bonds. The number of nitrogens with one attached hydrogen (secondary N) is 1. The number of likely N-dealkylation sites (tertiary alicyclic amines) is 1. The Morgan fingerprint density at radius 3 is 2.61 bits per heavy atom. The van der Waals surface area contributed by atoms with Crippen molar-refractivity contribution in [2.24, 2.45) is 0 Å². The Morgan fingerprint density at radius 2 is 2.00 bits per heavy atom. The first-order valence-corrected chi connectivity index (χ1v) is 8.20. The number of piperidine rings is 1. The summed E-state index contributed by atoms with van der Waals surface area (Å²) < 4.78 is 38.1. The Bertz CT molecular complexity index is 528.